The highest BCUT2D eigenvalue weighted by atomic mass is 19.1. The molecular weight excluding hydrogens is 225 g/mol. The fraction of sp³-hybridized carbons (Fsp3) is 0.250. The van der Waals surface area contributed by atoms with Crippen molar-refractivity contribution in [2.24, 2.45) is 7.05 Å². The summed E-state index contributed by atoms with van der Waals surface area (Å²) in [4.78, 5) is 11.2. The number of hydrogen-bond donors (Lipinski definition) is 1. The Labute approximate surface area is 97.2 Å². The van der Waals surface area contributed by atoms with E-state index in [2.05, 4.69) is 4.74 Å². The topological polar surface area (TPSA) is 51.5 Å². The number of aliphatic hydroxyl groups is 1. The largest absolute Gasteiger partial charge is 0.467 e. The Balaban J connectivity index is 2.55. The minimum atomic E-state index is -1.36. The monoisotopic (exact) mass is 237 g/mol. The van der Waals surface area contributed by atoms with Gasteiger partial charge in [0.25, 0.3) is 0 Å². The van der Waals surface area contributed by atoms with Gasteiger partial charge in [-0.3, -0.25) is 0 Å². The summed E-state index contributed by atoms with van der Waals surface area (Å²) in [5.74, 6) is -1.10. The molecule has 1 heterocycles. The minimum Gasteiger partial charge on any atom is -0.467 e. The second-order valence-corrected chi connectivity index (χ2v) is 3.76. The SMILES string of the molecule is COC(=O)C(O)c1cc2cc(F)ccc2n1C. The lowest BCUT2D eigenvalue weighted by molar-refractivity contribution is -0.151. The Bertz CT molecular complexity index is 576. The first-order valence-corrected chi connectivity index (χ1v) is 5.05. The van der Waals surface area contributed by atoms with Crippen LogP contribution in [0.2, 0.25) is 0 Å². The smallest absolute Gasteiger partial charge is 0.340 e. The number of rotatable bonds is 2. The van der Waals surface area contributed by atoms with Crippen molar-refractivity contribution in [3.05, 3.63) is 35.8 Å². The van der Waals surface area contributed by atoms with Gasteiger partial charge >= 0.3 is 5.97 Å². The standard InChI is InChI=1S/C12H12FNO3/c1-14-9-4-3-8(13)5-7(9)6-10(14)11(15)12(16)17-2/h3-6,11,15H,1-2H3. The summed E-state index contributed by atoms with van der Waals surface area (Å²) in [7, 11) is 2.90. The molecule has 2 aromatic rings. The van der Waals surface area contributed by atoms with E-state index < -0.39 is 12.1 Å². The number of aryl methyl sites for hydroxylation is 1. The summed E-state index contributed by atoms with van der Waals surface area (Å²) in [6.45, 7) is 0. The molecule has 0 spiro atoms. The summed E-state index contributed by atoms with van der Waals surface area (Å²) >= 11 is 0. The van der Waals surface area contributed by atoms with E-state index >= 15 is 0 Å². The van der Waals surface area contributed by atoms with Crippen LogP contribution in [0, 0.1) is 5.82 Å². The molecule has 1 aromatic carbocycles. The van der Waals surface area contributed by atoms with Gasteiger partial charge in [-0.1, -0.05) is 0 Å². The van der Waals surface area contributed by atoms with Crippen molar-refractivity contribution in [1.29, 1.82) is 0 Å². The van der Waals surface area contributed by atoms with E-state index in [1.165, 1.54) is 19.2 Å². The van der Waals surface area contributed by atoms with Crippen LogP contribution >= 0.6 is 0 Å². The zero-order chi connectivity index (χ0) is 12.6. The van der Waals surface area contributed by atoms with Crippen molar-refractivity contribution in [1.82, 2.24) is 4.57 Å². The molecule has 0 fully saturated rings. The Kier molecular flexibility index (Phi) is 2.85. The number of hydrogen-bond acceptors (Lipinski definition) is 3. The van der Waals surface area contributed by atoms with Gasteiger partial charge in [-0.2, -0.15) is 0 Å². The molecule has 5 heteroatoms. The van der Waals surface area contributed by atoms with Crippen LogP contribution in [0.5, 0.6) is 0 Å². The second-order valence-electron chi connectivity index (χ2n) is 3.76. The van der Waals surface area contributed by atoms with Gasteiger partial charge in [-0.25, -0.2) is 9.18 Å². The maximum atomic E-state index is 13.0. The Morgan fingerprint density at radius 3 is 2.82 bits per heavy atom. The predicted molar refractivity (Wildman–Crippen MR) is 59.9 cm³/mol. The first-order valence-electron chi connectivity index (χ1n) is 5.05. The zero-order valence-corrected chi connectivity index (χ0v) is 9.48. The van der Waals surface area contributed by atoms with Crippen molar-refractivity contribution in [2.75, 3.05) is 7.11 Å². The fourth-order valence-electron chi connectivity index (χ4n) is 1.84. The number of carbonyl (C=O) groups is 1. The normalized spacial score (nSPS) is 12.7. The molecule has 0 aliphatic rings. The molecule has 90 valence electrons. The number of methoxy groups -OCH3 is 1. The molecule has 0 aliphatic carbocycles. The van der Waals surface area contributed by atoms with Crippen LogP contribution in [0.15, 0.2) is 24.3 Å². The molecule has 17 heavy (non-hydrogen) atoms. The van der Waals surface area contributed by atoms with Gasteiger partial charge in [0.15, 0.2) is 6.10 Å². The fourth-order valence-corrected chi connectivity index (χ4v) is 1.84. The minimum absolute atomic E-state index is 0.359. The van der Waals surface area contributed by atoms with E-state index in [0.717, 1.165) is 5.52 Å². The highest BCUT2D eigenvalue weighted by Gasteiger charge is 2.22. The Morgan fingerprint density at radius 1 is 1.47 bits per heavy atom. The van der Waals surface area contributed by atoms with Crippen LogP contribution in [-0.2, 0) is 16.6 Å². The van der Waals surface area contributed by atoms with Crippen molar-refractivity contribution >= 4 is 16.9 Å². The number of halogens is 1. The summed E-state index contributed by atoms with van der Waals surface area (Å²) < 4.78 is 19.1. The molecule has 0 bridgehead atoms. The quantitative estimate of drug-likeness (QED) is 0.806. The van der Waals surface area contributed by atoms with Gasteiger partial charge in [0.1, 0.15) is 5.82 Å². The number of fused-ring (bicyclic) bond motifs is 1. The molecular formula is C12H12FNO3. The number of nitrogens with zero attached hydrogens (tertiary/aromatic N) is 1. The molecule has 0 radical (unpaired) electrons. The summed E-state index contributed by atoms with van der Waals surface area (Å²) in [6.07, 6.45) is -1.36. The van der Waals surface area contributed by atoms with E-state index in [1.54, 1.807) is 23.7 Å². The van der Waals surface area contributed by atoms with Gasteiger partial charge in [-0.05, 0) is 24.3 Å². The van der Waals surface area contributed by atoms with E-state index in [4.69, 9.17) is 0 Å². The van der Waals surface area contributed by atoms with Gasteiger partial charge in [0.05, 0.1) is 12.8 Å². The summed E-state index contributed by atoms with van der Waals surface area (Å²) in [5.41, 5.74) is 1.11. The van der Waals surface area contributed by atoms with E-state index in [1.807, 2.05) is 0 Å². The van der Waals surface area contributed by atoms with Crippen LogP contribution < -0.4 is 0 Å². The lowest BCUT2D eigenvalue weighted by Crippen LogP contribution is -2.16. The van der Waals surface area contributed by atoms with Gasteiger partial charge in [0, 0.05) is 18.0 Å². The van der Waals surface area contributed by atoms with Crippen molar-refractivity contribution < 1.29 is 19.0 Å². The van der Waals surface area contributed by atoms with Crippen LogP contribution in [0.4, 0.5) is 4.39 Å². The Hall–Kier alpha value is -1.88. The van der Waals surface area contributed by atoms with Crippen molar-refractivity contribution in [3.63, 3.8) is 0 Å². The molecule has 1 N–H and O–H groups in total. The lowest BCUT2D eigenvalue weighted by Gasteiger charge is -2.09. The summed E-state index contributed by atoms with van der Waals surface area (Å²) in [5, 5.41) is 10.4. The lowest BCUT2D eigenvalue weighted by atomic mass is 10.2. The number of aliphatic hydroxyl groups excluding tert-OH is 1. The average molecular weight is 237 g/mol. The molecule has 1 unspecified atom stereocenters. The number of ether oxygens (including phenoxy) is 1. The third kappa shape index (κ3) is 1.89. The maximum Gasteiger partial charge on any atom is 0.340 e. The van der Waals surface area contributed by atoms with Crippen molar-refractivity contribution in [2.45, 2.75) is 6.10 Å². The van der Waals surface area contributed by atoms with Crippen LogP contribution in [0.1, 0.15) is 11.8 Å². The summed E-state index contributed by atoms with van der Waals surface area (Å²) in [6, 6.07) is 5.84. The third-order valence-corrected chi connectivity index (χ3v) is 2.75. The number of carbonyl (C=O) groups excluding carboxylic acids is 1. The molecule has 2 rings (SSSR count). The molecule has 4 nitrogen and oxygen atoms in total. The highest BCUT2D eigenvalue weighted by molar-refractivity contribution is 5.84. The Morgan fingerprint density at radius 2 is 2.18 bits per heavy atom. The third-order valence-electron chi connectivity index (χ3n) is 2.75. The molecule has 0 saturated heterocycles. The molecule has 1 aromatic heterocycles. The number of benzene rings is 1. The van der Waals surface area contributed by atoms with Gasteiger partial charge in [0.2, 0.25) is 0 Å². The average Bonchev–Trinajstić information content (AvgIpc) is 2.64. The zero-order valence-electron chi connectivity index (χ0n) is 9.48. The molecule has 0 saturated carbocycles. The van der Waals surface area contributed by atoms with Crippen LogP contribution in [0.3, 0.4) is 0 Å². The molecule has 0 amide bonds. The van der Waals surface area contributed by atoms with Crippen LogP contribution in [-0.4, -0.2) is 22.8 Å². The van der Waals surface area contributed by atoms with Crippen molar-refractivity contribution in [3.8, 4) is 0 Å². The predicted octanol–water partition coefficient (Wildman–Crippen LogP) is 1.52. The maximum absolute atomic E-state index is 13.0. The molecule has 0 aliphatic heterocycles. The van der Waals surface area contributed by atoms with E-state index in [-0.39, 0.29) is 5.82 Å². The van der Waals surface area contributed by atoms with Gasteiger partial charge < -0.3 is 14.4 Å². The highest BCUT2D eigenvalue weighted by Crippen LogP contribution is 2.24. The number of esters is 1. The van der Waals surface area contributed by atoms with Gasteiger partial charge in [-0.15, -0.1) is 0 Å². The van der Waals surface area contributed by atoms with E-state index in [0.29, 0.717) is 11.1 Å². The first-order chi connectivity index (χ1) is 8.04. The van der Waals surface area contributed by atoms with Crippen LogP contribution in [0.25, 0.3) is 10.9 Å². The number of aromatic nitrogens is 1. The molecule has 1 atom stereocenters. The second kappa shape index (κ2) is 4.18. The first kappa shape index (κ1) is 11.6. The van der Waals surface area contributed by atoms with E-state index in [9.17, 15) is 14.3 Å².